The standard InChI is InChI=1S/C33H37N3O5/c1-3-18-34-29(38)26-27-31(40)36(25(20-37)22-11-6-5-7-12-22)28(33(27)17-16-32(26,4-2)41-33)30(39)35-24-15-14-21-10-8-9-13-23(21)19-24/h5-15,19,25-28,37H,3-4,16-18,20H2,1-2H3,(H,34,38)(H,35,39)/t25-,26+,27+,28?,32-,33?/m1/s1. The van der Waals surface area contributed by atoms with E-state index in [9.17, 15) is 19.5 Å². The quantitative estimate of drug-likeness (QED) is 0.367. The van der Waals surface area contributed by atoms with Crippen molar-refractivity contribution in [3.8, 4) is 0 Å². The molecule has 3 fully saturated rings. The number of rotatable bonds is 9. The molecule has 6 rings (SSSR count). The van der Waals surface area contributed by atoms with Crippen molar-refractivity contribution in [2.45, 2.75) is 62.8 Å². The Morgan fingerprint density at radius 2 is 1.73 bits per heavy atom. The molecular weight excluding hydrogens is 518 g/mol. The average Bonchev–Trinajstić information content (AvgIpc) is 3.60. The molecule has 0 radical (unpaired) electrons. The lowest BCUT2D eigenvalue weighted by molar-refractivity contribution is -0.149. The largest absolute Gasteiger partial charge is 0.394 e. The van der Waals surface area contributed by atoms with E-state index in [1.165, 1.54) is 4.90 Å². The van der Waals surface area contributed by atoms with Gasteiger partial charge in [0, 0.05) is 12.2 Å². The van der Waals surface area contributed by atoms with Crippen molar-refractivity contribution < 1.29 is 24.2 Å². The number of carbonyl (C=O) groups is 3. The number of aliphatic hydroxyl groups excluding tert-OH is 1. The summed E-state index contributed by atoms with van der Waals surface area (Å²) in [6.07, 6.45) is 2.39. The molecule has 6 atom stereocenters. The maximum Gasteiger partial charge on any atom is 0.250 e. The smallest absolute Gasteiger partial charge is 0.250 e. The number of nitrogens with one attached hydrogen (secondary N) is 2. The molecule has 2 unspecified atom stereocenters. The van der Waals surface area contributed by atoms with Crippen molar-refractivity contribution in [3.63, 3.8) is 0 Å². The van der Waals surface area contributed by atoms with Crippen LogP contribution in [0.3, 0.4) is 0 Å². The summed E-state index contributed by atoms with van der Waals surface area (Å²) in [5.41, 5.74) is -0.663. The fraction of sp³-hybridized carbons (Fsp3) is 0.424. The first kappa shape index (κ1) is 27.4. The van der Waals surface area contributed by atoms with Gasteiger partial charge in [0.1, 0.15) is 11.6 Å². The number of nitrogens with zero attached hydrogens (tertiary/aromatic N) is 1. The molecule has 0 aromatic heterocycles. The minimum Gasteiger partial charge on any atom is -0.394 e. The first-order valence-corrected chi connectivity index (χ1v) is 14.6. The number of benzene rings is 3. The van der Waals surface area contributed by atoms with Crippen molar-refractivity contribution in [2.24, 2.45) is 11.8 Å². The van der Waals surface area contributed by atoms with E-state index in [0.29, 0.717) is 31.5 Å². The summed E-state index contributed by atoms with van der Waals surface area (Å²) < 4.78 is 6.84. The highest BCUT2D eigenvalue weighted by Gasteiger charge is 2.79. The van der Waals surface area contributed by atoms with Gasteiger partial charge in [-0.1, -0.05) is 74.5 Å². The van der Waals surface area contributed by atoms with E-state index >= 15 is 0 Å². The number of ether oxygens (including phenoxy) is 1. The fourth-order valence-electron chi connectivity index (χ4n) is 7.55. The molecule has 3 heterocycles. The van der Waals surface area contributed by atoms with Crippen LogP contribution in [0.5, 0.6) is 0 Å². The normalized spacial score (nSPS) is 29.0. The topological polar surface area (TPSA) is 108 Å². The highest BCUT2D eigenvalue weighted by molar-refractivity contribution is 6.04. The van der Waals surface area contributed by atoms with Crippen molar-refractivity contribution in [3.05, 3.63) is 78.4 Å². The monoisotopic (exact) mass is 555 g/mol. The molecule has 3 aliphatic rings. The summed E-state index contributed by atoms with van der Waals surface area (Å²) in [6.45, 7) is 4.09. The minimum atomic E-state index is -1.18. The molecule has 1 spiro atoms. The van der Waals surface area contributed by atoms with Gasteiger partial charge in [-0.2, -0.15) is 0 Å². The molecule has 0 aliphatic carbocycles. The summed E-state index contributed by atoms with van der Waals surface area (Å²) in [5.74, 6) is -2.44. The van der Waals surface area contributed by atoms with Gasteiger partial charge < -0.3 is 25.4 Å². The number of fused-ring (bicyclic) bond motifs is 2. The molecule has 3 amide bonds. The van der Waals surface area contributed by atoms with Gasteiger partial charge in [0.05, 0.1) is 30.1 Å². The van der Waals surface area contributed by atoms with Gasteiger partial charge >= 0.3 is 0 Å². The molecule has 3 aromatic rings. The maximum atomic E-state index is 14.5. The molecule has 3 aromatic carbocycles. The lowest BCUT2D eigenvalue weighted by Crippen LogP contribution is -2.54. The highest BCUT2D eigenvalue weighted by atomic mass is 16.5. The Morgan fingerprint density at radius 3 is 2.44 bits per heavy atom. The molecule has 0 saturated carbocycles. The van der Waals surface area contributed by atoms with Crippen molar-refractivity contribution in [1.82, 2.24) is 10.2 Å². The second kappa shape index (κ2) is 10.6. The molecule has 3 N–H and O–H groups in total. The predicted molar refractivity (Wildman–Crippen MR) is 156 cm³/mol. The van der Waals surface area contributed by atoms with Crippen molar-refractivity contribution in [1.29, 1.82) is 0 Å². The van der Waals surface area contributed by atoms with Crippen LogP contribution >= 0.6 is 0 Å². The number of hydrogen-bond donors (Lipinski definition) is 3. The maximum absolute atomic E-state index is 14.5. The Balaban J connectivity index is 1.44. The second-order valence-electron chi connectivity index (χ2n) is 11.5. The van der Waals surface area contributed by atoms with Crippen LogP contribution in [0.1, 0.15) is 51.1 Å². The number of likely N-dealkylation sites (tertiary alicyclic amines) is 1. The molecule has 2 bridgehead atoms. The van der Waals surface area contributed by atoms with Crippen molar-refractivity contribution >= 4 is 34.2 Å². The Labute approximate surface area is 240 Å². The minimum absolute atomic E-state index is 0.204. The van der Waals surface area contributed by atoms with E-state index < -0.39 is 35.1 Å². The summed E-state index contributed by atoms with van der Waals surface area (Å²) in [6, 6.07) is 21.0. The van der Waals surface area contributed by atoms with Gasteiger partial charge in [-0.15, -0.1) is 0 Å². The zero-order chi connectivity index (χ0) is 28.8. The lowest BCUT2D eigenvalue weighted by Gasteiger charge is -2.37. The predicted octanol–water partition coefficient (Wildman–Crippen LogP) is 4.19. The Kier molecular flexibility index (Phi) is 7.08. The molecule has 41 heavy (non-hydrogen) atoms. The van der Waals surface area contributed by atoms with Crippen LogP contribution in [0.2, 0.25) is 0 Å². The number of hydrogen-bond acceptors (Lipinski definition) is 5. The highest BCUT2D eigenvalue weighted by Crippen LogP contribution is 2.65. The number of aliphatic hydroxyl groups is 1. The molecule has 8 nitrogen and oxygen atoms in total. The van der Waals surface area contributed by atoms with Crippen LogP contribution in [0.15, 0.2) is 72.8 Å². The van der Waals surface area contributed by atoms with Gasteiger partial charge in [-0.3, -0.25) is 14.4 Å². The average molecular weight is 556 g/mol. The number of carbonyl (C=O) groups excluding carboxylic acids is 3. The fourth-order valence-corrected chi connectivity index (χ4v) is 7.55. The molecule has 3 aliphatic heterocycles. The van der Waals surface area contributed by atoms with Crippen LogP contribution in [0, 0.1) is 11.8 Å². The number of amides is 3. The Bertz CT molecular complexity index is 1480. The van der Waals surface area contributed by atoms with Crippen LogP contribution in [0.25, 0.3) is 10.8 Å². The molecular formula is C33H37N3O5. The van der Waals surface area contributed by atoms with E-state index in [1.54, 1.807) is 0 Å². The van der Waals surface area contributed by atoms with E-state index in [0.717, 1.165) is 22.8 Å². The van der Waals surface area contributed by atoms with Gasteiger partial charge in [-0.05, 0) is 54.2 Å². The summed E-state index contributed by atoms with van der Waals surface area (Å²) in [5, 5.41) is 18.7. The summed E-state index contributed by atoms with van der Waals surface area (Å²) >= 11 is 0. The Hall–Kier alpha value is -3.75. The first-order chi connectivity index (χ1) is 19.9. The summed E-state index contributed by atoms with van der Waals surface area (Å²) in [7, 11) is 0. The van der Waals surface area contributed by atoms with Gasteiger partial charge in [0.25, 0.3) is 0 Å². The zero-order valence-corrected chi connectivity index (χ0v) is 23.5. The lowest BCUT2D eigenvalue weighted by atomic mass is 9.65. The van der Waals surface area contributed by atoms with Crippen LogP contribution in [0.4, 0.5) is 5.69 Å². The van der Waals surface area contributed by atoms with Crippen LogP contribution in [-0.4, -0.2) is 58.1 Å². The van der Waals surface area contributed by atoms with E-state index in [2.05, 4.69) is 10.6 Å². The van der Waals surface area contributed by atoms with E-state index in [1.807, 2.05) is 86.6 Å². The third-order valence-electron chi connectivity index (χ3n) is 9.41. The third-order valence-corrected chi connectivity index (χ3v) is 9.41. The molecule has 3 saturated heterocycles. The third kappa shape index (κ3) is 4.23. The van der Waals surface area contributed by atoms with Crippen molar-refractivity contribution in [2.75, 3.05) is 18.5 Å². The van der Waals surface area contributed by atoms with E-state index in [-0.39, 0.29) is 24.3 Å². The first-order valence-electron chi connectivity index (χ1n) is 14.6. The van der Waals surface area contributed by atoms with E-state index in [4.69, 9.17) is 4.74 Å². The van der Waals surface area contributed by atoms with Gasteiger partial charge in [0.15, 0.2) is 0 Å². The van der Waals surface area contributed by atoms with Crippen LogP contribution in [-0.2, 0) is 19.1 Å². The zero-order valence-electron chi connectivity index (χ0n) is 23.5. The molecule has 8 heteroatoms. The SMILES string of the molecule is CCCNC(=O)[C@@H]1[C@H]2C(=O)N([C@H](CO)c3ccccc3)C(C(=O)Nc3ccc4ccccc4c3)C23CC[C@@]1(CC)O3. The van der Waals surface area contributed by atoms with Gasteiger partial charge in [-0.25, -0.2) is 0 Å². The second-order valence-corrected chi connectivity index (χ2v) is 11.5. The number of anilines is 1. The van der Waals surface area contributed by atoms with Gasteiger partial charge in [0.2, 0.25) is 17.7 Å². The Morgan fingerprint density at radius 1 is 1.00 bits per heavy atom. The summed E-state index contributed by atoms with van der Waals surface area (Å²) in [4.78, 5) is 44.0. The molecule has 214 valence electrons. The van der Waals surface area contributed by atoms with Crippen LogP contribution < -0.4 is 10.6 Å².